The molecule has 1 N–H and O–H groups in total. The molecule has 4 heteroatoms. The summed E-state index contributed by atoms with van der Waals surface area (Å²) in [6.45, 7) is 4.09. The van der Waals surface area contributed by atoms with E-state index in [1.807, 2.05) is 38.4 Å². The van der Waals surface area contributed by atoms with Crippen LogP contribution in [0.3, 0.4) is 0 Å². The summed E-state index contributed by atoms with van der Waals surface area (Å²) in [5.74, 6) is 1.50. The van der Waals surface area contributed by atoms with Crippen molar-refractivity contribution in [3.8, 4) is 11.5 Å². The van der Waals surface area contributed by atoms with Crippen LogP contribution in [-0.4, -0.2) is 22.0 Å². The van der Waals surface area contributed by atoms with Crippen molar-refractivity contribution in [3.05, 3.63) is 35.7 Å². The Bertz CT molecular complexity index is 483. The maximum absolute atomic E-state index is 4.49. The third kappa shape index (κ3) is 2.58. The molecule has 2 rings (SSSR count). The normalized spacial score (nSPS) is 10.3. The van der Waals surface area contributed by atoms with Gasteiger partial charge in [-0.25, -0.2) is 9.97 Å². The molecule has 0 aromatic carbocycles. The topological polar surface area (TPSA) is 50.7 Å². The molecule has 0 atom stereocenters. The molecule has 0 fully saturated rings. The van der Waals surface area contributed by atoms with Crippen molar-refractivity contribution in [2.45, 2.75) is 20.3 Å². The number of rotatable bonds is 3. The fourth-order valence-corrected chi connectivity index (χ4v) is 1.52. The molecule has 0 aliphatic rings. The summed E-state index contributed by atoms with van der Waals surface area (Å²) >= 11 is 0. The molecule has 0 aliphatic heterocycles. The van der Waals surface area contributed by atoms with Gasteiger partial charge in [-0.15, -0.1) is 0 Å². The Kier molecular flexibility index (Phi) is 3.32. The number of aryl methyl sites for hydroxylation is 2. The Morgan fingerprint density at radius 2 is 2.06 bits per heavy atom. The zero-order chi connectivity index (χ0) is 12.3. The monoisotopic (exact) mass is 228 g/mol. The second-order valence-corrected chi connectivity index (χ2v) is 3.89. The molecule has 4 nitrogen and oxygen atoms in total. The van der Waals surface area contributed by atoms with E-state index in [9.17, 15) is 0 Å². The second-order valence-electron chi connectivity index (χ2n) is 3.89. The van der Waals surface area contributed by atoms with Crippen LogP contribution in [-0.2, 0) is 6.42 Å². The predicted octanol–water partition coefficient (Wildman–Crippen LogP) is 2.45. The number of nitrogens with one attached hydrogen (secondary N) is 1. The fraction of sp³-hybridized carbons (Fsp3) is 0.308. The van der Waals surface area contributed by atoms with Gasteiger partial charge in [0.2, 0.25) is 0 Å². The Morgan fingerprint density at radius 3 is 2.65 bits per heavy atom. The maximum Gasteiger partial charge on any atom is 0.180 e. The molecule has 0 bridgehead atoms. The van der Waals surface area contributed by atoms with E-state index in [-0.39, 0.29) is 0 Å². The highest BCUT2D eigenvalue weighted by molar-refractivity contribution is 5.53. The first-order valence-corrected chi connectivity index (χ1v) is 5.71. The lowest BCUT2D eigenvalue weighted by molar-refractivity contribution is 0.998. The van der Waals surface area contributed by atoms with Gasteiger partial charge < -0.3 is 5.32 Å². The van der Waals surface area contributed by atoms with E-state index in [1.54, 1.807) is 0 Å². The molecule has 2 heterocycles. The summed E-state index contributed by atoms with van der Waals surface area (Å²) in [7, 11) is 1.86. The number of hydrogen-bond donors (Lipinski definition) is 1. The molecule has 2 aromatic heterocycles. The molecule has 2 aromatic rings. The van der Waals surface area contributed by atoms with Crippen LogP contribution in [0.5, 0.6) is 0 Å². The minimum atomic E-state index is 0.675. The molecule has 0 saturated carbocycles. The predicted molar refractivity (Wildman–Crippen MR) is 68.9 cm³/mol. The van der Waals surface area contributed by atoms with Crippen LogP contribution in [0.4, 0.5) is 5.82 Å². The lowest BCUT2D eigenvalue weighted by Gasteiger charge is -2.06. The zero-order valence-corrected chi connectivity index (χ0v) is 10.4. The first-order valence-electron chi connectivity index (χ1n) is 5.71. The minimum Gasteiger partial charge on any atom is -0.373 e. The van der Waals surface area contributed by atoms with E-state index < -0.39 is 0 Å². The molecule has 0 unspecified atom stereocenters. The molecule has 17 heavy (non-hydrogen) atoms. The van der Waals surface area contributed by atoms with Crippen molar-refractivity contribution in [2.24, 2.45) is 0 Å². The lowest BCUT2D eigenvalue weighted by Crippen LogP contribution is -2.01. The molecule has 0 amide bonds. The summed E-state index contributed by atoms with van der Waals surface area (Å²) in [6.07, 6.45) is 2.71. The van der Waals surface area contributed by atoms with Gasteiger partial charge in [0, 0.05) is 25.0 Å². The number of pyridine rings is 1. The first-order chi connectivity index (χ1) is 8.22. The van der Waals surface area contributed by atoms with Crippen molar-refractivity contribution in [3.63, 3.8) is 0 Å². The summed E-state index contributed by atoms with van der Waals surface area (Å²) in [5, 5.41) is 3.04. The Hall–Kier alpha value is -1.97. The Balaban J connectivity index is 2.46. The van der Waals surface area contributed by atoms with Gasteiger partial charge in [0.25, 0.3) is 0 Å². The molecular formula is C13H16N4. The molecule has 88 valence electrons. The number of nitrogens with zero attached hydrogens (tertiary/aromatic N) is 3. The van der Waals surface area contributed by atoms with E-state index in [0.717, 1.165) is 29.2 Å². The minimum absolute atomic E-state index is 0.675. The van der Waals surface area contributed by atoms with E-state index in [0.29, 0.717) is 5.82 Å². The van der Waals surface area contributed by atoms with Crippen molar-refractivity contribution < 1.29 is 0 Å². The van der Waals surface area contributed by atoms with E-state index in [1.165, 1.54) is 0 Å². The largest absolute Gasteiger partial charge is 0.373 e. The Labute approximate surface area is 101 Å². The molecule has 0 radical (unpaired) electrons. The van der Waals surface area contributed by atoms with Gasteiger partial charge in [0.1, 0.15) is 11.5 Å². The van der Waals surface area contributed by atoms with Gasteiger partial charge >= 0.3 is 0 Å². The van der Waals surface area contributed by atoms with Gasteiger partial charge in [-0.1, -0.05) is 13.0 Å². The average Bonchev–Trinajstić information content (AvgIpc) is 2.39. The third-order valence-electron chi connectivity index (χ3n) is 2.54. The molecule has 0 saturated heterocycles. The smallest absolute Gasteiger partial charge is 0.180 e. The Morgan fingerprint density at radius 1 is 1.24 bits per heavy atom. The van der Waals surface area contributed by atoms with Gasteiger partial charge in [0.05, 0.1) is 0 Å². The van der Waals surface area contributed by atoms with Crippen LogP contribution in [0.25, 0.3) is 11.5 Å². The van der Waals surface area contributed by atoms with Crippen molar-refractivity contribution in [1.82, 2.24) is 15.0 Å². The van der Waals surface area contributed by atoms with Crippen LogP contribution in [0.15, 0.2) is 24.4 Å². The SMILES string of the molecule is CCc1cc(NC)nc(-c2ccc(C)cn2)n1. The summed E-state index contributed by atoms with van der Waals surface area (Å²) < 4.78 is 0. The third-order valence-corrected chi connectivity index (χ3v) is 2.54. The number of hydrogen-bond acceptors (Lipinski definition) is 4. The van der Waals surface area contributed by atoms with Crippen LogP contribution < -0.4 is 5.32 Å². The van der Waals surface area contributed by atoms with Crippen LogP contribution in [0.1, 0.15) is 18.2 Å². The first kappa shape index (κ1) is 11.5. The van der Waals surface area contributed by atoms with Crippen molar-refractivity contribution in [1.29, 1.82) is 0 Å². The highest BCUT2D eigenvalue weighted by Crippen LogP contribution is 2.16. The molecular weight excluding hydrogens is 212 g/mol. The van der Waals surface area contributed by atoms with Crippen molar-refractivity contribution >= 4 is 5.82 Å². The van der Waals surface area contributed by atoms with Crippen molar-refractivity contribution in [2.75, 3.05) is 12.4 Å². The van der Waals surface area contributed by atoms with Gasteiger partial charge in [-0.2, -0.15) is 0 Å². The average molecular weight is 228 g/mol. The van der Waals surface area contributed by atoms with Gasteiger partial charge in [0.15, 0.2) is 5.82 Å². The van der Waals surface area contributed by atoms with Crippen LogP contribution in [0.2, 0.25) is 0 Å². The highest BCUT2D eigenvalue weighted by atomic mass is 15.0. The van der Waals surface area contributed by atoms with Gasteiger partial charge in [-0.05, 0) is 25.0 Å². The fourth-order valence-electron chi connectivity index (χ4n) is 1.52. The van der Waals surface area contributed by atoms with Crippen LogP contribution >= 0.6 is 0 Å². The summed E-state index contributed by atoms with van der Waals surface area (Å²) in [4.78, 5) is 13.2. The highest BCUT2D eigenvalue weighted by Gasteiger charge is 2.06. The maximum atomic E-state index is 4.49. The quantitative estimate of drug-likeness (QED) is 0.876. The zero-order valence-electron chi connectivity index (χ0n) is 10.4. The van der Waals surface area contributed by atoms with E-state index >= 15 is 0 Å². The summed E-state index contributed by atoms with van der Waals surface area (Å²) in [5.41, 5.74) is 2.96. The standard InChI is InChI=1S/C13H16N4/c1-4-10-7-12(14-3)17-13(16-10)11-6-5-9(2)8-15-11/h5-8H,4H2,1-3H3,(H,14,16,17). The molecule has 0 spiro atoms. The van der Waals surface area contributed by atoms with Gasteiger partial charge in [-0.3, -0.25) is 4.98 Å². The lowest BCUT2D eigenvalue weighted by atomic mass is 10.2. The number of aromatic nitrogens is 3. The second kappa shape index (κ2) is 4.91. The van der Waals surface area contributed by atoms with E-state index in [4.69, 9.17) is 0 Å². The summed E-state index contributed by atoms with van der Waals surface area (Å²) in [6, 6.07) is 5.92. The van der Waals surface area contributed by atoms with Crippen LogP contribution in [0, 0.1) is 6.92 Å². The number of anilines is 1. The van der Waals surface area contributed by atoms with E-state index in [2.05, 4.69) is 27.2 Å². The molecule has 0 aliphatic carbocycles.